The van der Waals surface area contributed by atoms with E-state index in [0.717, 1.165) is 6.42 Å². The Morgan fingerprint density at radius 2 is 2.50 bits per heavy atom. The molecule has 0 unspecified atom stereocenters. The van der Waals surface area contributed by atoms with Crippen LogP contribution in [0.4, 0.5) is 0 Å². The van der Waals surface area contributed by atoms with Gasteiger partial charge >= 0.3 is 0 Å². The maximum absolute atomic E-state index is 3.52. The molecule has 0 saturated carbocycles. The van der Waals surface area contributed by atoms with E-state index in [2.05, 4.69) is 13.0 Å². The molecular formula is C6H6. The Morgan fingerprint density at radius 1 is 1.83 bits per heavy atom. The molecule has 0 atom stereocenters. The van der Waals surface area contributed by atoms with Crippen LogP contribution in [0.15, 0.2) is 17.7 Å². The first kappa shape index (κ1) is 3.66. The third kappa shape index (κ3) is 0.713. The van der Waals surface area contributed by atoms with Gasteiger partial charge in [0.15, 0.2) is 0 Å². The standard InChI is InChI=1S/C6H6/c1-2-3-6-4-5-6/h2-3H,1,4H2. The summed E-state index contributed by atoms with van der Waals surface area (Å²) in [7, 11) is 0. The molecule has 0 fully saturated rings. The zero-order valence-electron chi connectivity index (χ0n) is 3.57. The predicted molar refractivity (Wildman–Crippen MR) is 25.9 cm³/mol. The van der Waals surface area contributed by atoms with Crippen molar-refractivity contribution in [1.82, 2.24) is 0 Å². The van der Waals surface area contributed by atoms with E-state index in [1.54, 1.807) is 6.08 Å². The van der Waals surface area contributed by atoms with Crippen molar-refractivity contribution in [3.63, 3.8) is 0 Å². The monoisotopic (exact) mass is 78.0 g/mol. The summed E-state index contributed by atoms with van der Waals surface area (Å²) in [5, 5.41) is 0. The Bertz CT molecular complexity index is 96.6. The molecule has 0 amide bonds. The molecular weight excluding hydrogens is 72.1 g/mol. The zero-order chi connectivity index (χ0) is 4.41. The second-order valence-electron chi connectivity index (χ2n) is 1.28. The molecule has 0 aromatic carbocycles. The highest BCUT2D eigenvalue weighted by atomic mass is 14.0. The van der Waals surface area contributed by atoms with Gasteiger partial charge in [-0.15, -0.1) is 0 Å². The molecule has 0 N–H and O–H groups in total. The molecule has 30 valence electrons. The van der Waals surface area contributed by atoms with Gasteiger partial charge in [-0.1, -0.05) is 12.2 Å². The van der Waals surface area contributed by atoms with Gasteiger partial charge in [-0.3, -0.25) is 0 Å². The van der Waals surface area contributed by atoms with E-state index in [0.29, 0.717) is 0 Å². The summed E-state index contributed by atoms with van der Waals surface area (Å²) in [5.74, 6) is 0. The lowest BCUT2D eigenvalue weighted by molar-refractivity contribution is 1.57. The van der Waals surface area contributed by atoms with Gasteiger partial charge in [0.25, 0.3) is 0 Å². The Hall–Kier alpha value is -0.520. The van der Waals surface area contributed by atoms with Crippen molar-refractivity contribution < 1.29 is 0 Å². The minimum absolute atomic E-state index is 1.06. The second-order valence-corrected chi connectivity index (χ2v) is 1.28. The number of rotatable bonds is 1. The SMILES string of the molecule is [CH2]C=CC1=[C]C1. The molecule has 0 heterocycles. The summed E-state index contributed by atoms with van der Waals surface area (Å²) >= 11 is 0. The maximum atomic E-state index is 3.52. The van der Waals surface area contributed by atoms with Gasteiger partial charge in [-0.2, -0.15) is 0 Å². The highest BCUT2D eigenvalue weighted by Crippen LogP contribution is 2.16. The molecule has 0 bridgehead atoms. The lowest BCUT2D eigenvalue weighted by Crippen LogP contribution is -1.43. The normalized spacial score (nSPS) is 18.5. The Balaban J connectivity index is 2.34. The summed E-state index contributed by atoms with van der Waals surface area (Å²) in [6, 6.07) is 0. The zero-order valence-corrected chi connectivity index (χ0v) is 3.57. The fourth-order valence-electron chi connectivity index (χ4n) is 0.311. The second kappa shape index (κ2) is 1.29. The summed E-state index contributed by atoms with van der Waals surface area (Å²) in [4.78, 5) is 0. The van der Waals surface area contributed by atoms with E-state index < -0.39 is 0 Å². The minimum atomic E-state index is 1.06. The Morgan fingerprint density at radius 3 is 2.67 bits per heavy atom. The number of allylic oxidation sites excluding steroid dienone is 4. The van der Waals surface area contributed by atoms with Crippen molar-refractivity contribution in [1.29, 1.82) is 0 Å². The third-order valence-electron chi connectivity index (χ3n) is 0.700. The lowest BCUT2D eigenvalue weighted by Gasteiger charge is -1.63. The van der Waals surface area contributed by atoms with Crippen LogP contribution in [0.3, 0.4) is 0 Å². The van der Waals surface area contributed by atoms with Crippen molar-refractivity contribution in [2.75, 3.05) is 0 Å². The topological polar surface area (TPSA) is 0 Å². The van der Waals surface area contributed by atoms with Crippen molar-refractivity contribution in [2.45, 2.75) is 6.42 Å². The van der Waals surface area contributed by atoms with E-state index in [1.807, 2.05) is 6.08 Å². The predicted octanol–water partition coefficient (Wildman–Crippen LogP) is 1.51. The first-order chi connectivity index (χ1) is 2.93. The first-order valence-electron chi connectivity index (χ1n) is 1.99. The van der Waals surface area contributed by atoms with E-state index >= 15 is 0 Å². The smallest absolute Gasteiger partial charge is 0.00171 e. The number of hydrogen-bond donors (Lipinski definition) is 0. The van der Waals surface area contributed by atoms with Crippen molar-refractivity contribution in [3.8, 4) is 0 Å². The summed E-state index contributed by atoms with van der Waals surface area (Å²) in [5.41, 5.74) is 1.30. The fourth-order valence-corrected chi connectivity index (χ4v) is 0.311. The molecule has 0 heteroatoms. The molecule has 1 rings (SSSR count). The van der Waals surface area contributed by atoms with E-state index in [9.17, 15) is 0 Å². The largest absolute Gasteiger partial charge is 0.0839 e. The van der Waals surface area contributed by atoms with Crippen LogP contribution in [0, 0.1) is 13.0 Å². The minimum Gasteiger partial charge on any atom is -0.0839 e. The molecule has 0 saturated heterocycles. The third-order valence-corrected chi connectivity index (χ3v) is 0.700. The van der Waals surface area contributed by atoms with Crippen LogP contribution >= 0.6 is 0 Å². The van der Waals surface area contributed by atoms with Crippen LogP contribution in [0.5, 0.6) is 0 Å². The van der Waals surface area contributed by atoms with Gasteiger partial charge in [-0.25, -0.2) is 0 Å². The molecule has 1 aliphatic rings. The van der Waals surface area contributed by atoms with Crippen molar-refractivity contribution in [3.05, 3.63) is 30.7 Å². The van der Waals surface area contributed by atoms with Crippen LogP contribution in [-0.2, 0) is 0 Å². The highest BCUT2D eigenvalue weighted by molar-refractivity contribution is 5.28. The van der Waals surface area contributed by atoms with Crippen LogP contribution in [0.2, 0.25) is 0 Å². The van der Waals surface area contributed by atoms with Gasteiger partial charge in [-0.05, 0) is 25.0 Å². The summed E-state index contributed by atoms with van der Waals surface area (Å²) in [6.45, 7) is 3.52. The molecule has 0 aromatic rings. The quantitative estimate of drug-likeness (QED) is 0.446. The first-order valence-corrected chi connectivity index (χ1v) is 1.99. The van der Waals surface area contributed by atoms with Gasteiger partial charge in [0.05, 0.1) is 0 Å². The Kier molecular flexibility index (Phi) is 0.789. The molecule has 1 aliphatic carbocycles. The van der Waals surface area contributed by atoms with Crippen LogP contribution < -0.4 is 0 Å². The summed E-state index contributed by atoms with van der Waals surface area (Å²) < 4.78 is 0. The Labute approximate surface area is 38.2 Å². The average molecular weight is 78.1 g/mol. The van der Waals surface area contributed by atoms with Crippen molar-refractivity contribution >= 4 is 0 Å². The van der Waals surface area contributed by atoms with E-state index in [-0.39, 0.29) is 0 Å². The van der Waals surface area contributed by atoms with E-state index in [1.165, 1.54) is 5.57 Å². The molecule has 0 nitrogen and oxygen atoms in total. The van der Waals surface area contributed by atoms with Crippen LogP contribution in [0.25, 0.3) is 0 Å². The molecule has 2 radical (unpaired) electrons. The van der Waals surface area contributed by atoms with Gasteiger partial charge in [0, 0.05) is 0 Å². The summed E-state index contributed by atoms with van der Waals surface area (Å²) in [6.07, 6.45) is 7.85. The number of hydrogen-bond acceptors (Lipinski definition) is 0. The average Bonchev–Trinajstić information content (AvgIpc) is 2.21. The van der Waals surface area contributed by atoms with Gasteiger partial charge < -0.3 is 0 Å². The maximum Gasteiger partial charge on any atom is -0.00171 e. The molecule has 0 spiro atoms. The van der Waals surface area contributed by atoms with Gasteiger partial charge in [0.1, 0.15) is 0 Å². The molecule has 0 aliphatic heterocycles. The van der Waals surface area contributed by atoms with Crippen LogP contribution in [-0.4, -0.2) is 0 Å². The lowest BCUT2D eigenvalue weighted by atomic mass is 10.4. The van der Waals surface area contributed by atoms with E-state index in [4.69, 9.17) is 0 Å². The van der Waals surface area contributed by atoms with Crippen LogP contribution in [0.1, 0.15) is 6.42 Å². The highest BCUT2D eigenvalue weighted by Gasteiger charge is 1.99. The molecule has 6 heavy (non-hydrogen) atoms. The molecule has 0 aromatic heterocycles. The van der Waals surface area contributed by atoms with Gasteiger partial charge in [0.2, 0.25) is 0 Å². The van der Waals surface area contributed by atoms with Crippen molar-refractivity contribution in [2.24, 2.45) is 0 Å². The fraction of sp³-hybridized carbons (Fsp3) is 0.167.